The molecule has 0 bridgehead atoms. The molecule has 0 saturated carbocycles. The van der Waals surface area contributed by atoms with E-state index in [-0.39, 0.29) is 17.5 Å². The first-order valence-corrected chi connectivity index (χ1v) is 8.66. The first-order chi connectivity index (χ1) is 12.5. The third kappa shape index (κ3) is 4.16. The maximum atomic E-state index is 12.3. The fourth-order valence-electron chi connectivity index (χ4n) is 3.00. The number of hydrogen-bond acceptors (Lipinski definition) is 7. The second kappa shape index (κ2) is 7.94. The highest BCUT2D eigenvalue weighted by Gasteiger charge is 2.24. The molecular formula is C17H23N7O2. The molecule has 1 aliphatic heterocycles. The maximum Gasteiger partial charge on any atom is 0.271 e. The molecule has 2 aromatic rings. The Bertz CT molecular complexity index is 783. The van der Waals surface area contributed by atoms with Gasteiger partial charge in [0.15, 0.2) is 11.5 Å². The molecule has 1 amide bonds. The second-order valence-electron chi connectivity index (χ2n) is 6.50. The summed E-state index contributed by atoms with van der Waals surface area (Å²) in [6.07, 6.45) is 3.10. The van der Waals surface area contributed by atoms with E-state index >= 15 is 0 Å². The van der Waals surface area contributed by atoms with Gasteiger partial charge in [-0.05, 0) is 37.5 Å². The predicted octanol–water partition coefficient (Wildman–Crippen LogP) is 0.415. The Morgan fingerprint density at radius 1 is 1.27 bits per heavy atom. The summed E-state index contributed by atoms with van der Waals surface area (Å²) in [5.74, 6) is 1.17. The zero-order chi connectivity index (χ0) is 18.5. The summed E-state index contributed by atoms with van der Waals surface area (Å²) in [5, 5.41) is 17.5. The quantitative estimate of drug-likeness (QED) is 0.798. The molecule has 3 rings (SSSR count). The minimum absolute atomic E-state index is 0.125. The minimum Gasteiger partial charge on any atom is -0.361 e. The largest absolute Gasteiger partial charge is 0.361 e. The van der Waals surface area contributed by atoms with Gasteiger partial charge in [-0.25, -0.2) is 5.10 Å². The first-order valence-electron chi connectivity index (χ1n) is 8.66. The van der Waals surface area contributed by atoms with Crippen molar-refractivity contribution in [2.75, 3.05) is 37.0 Å². The number of nitrogens with one attached hydrogen (secondary N) is 2. The van der Waals surface area contributed by atoms with Gasteiger partial charge in [-0.2, -0.15) is 5.10 Å². The van der Waals surface area contributed by atoms with Gasteiger partial charge in [0.25, 0.3) is 11.5 Å². The molecule has 0 spiro atoms. The predicted molar refractivity (Wildman–Crippen MR) is 98.5 cm³/mol. The smallest absolute Gasteiger partial charge is 0.271 e. The molecule has 2 aromatic heterocycles. The van der Waals surface area contributed by atoms with Crippen molar-refractivity contribution >= 4 is 17.5 Å². The van der Waals surface area contributed by atoms with Crippen LogP contribution in [0.15, 0.2) is 29.1 Å². The molecule has 1 unspecified atom stereocenters. The number of H-pyrrole nitrogens is 1. The molecule has 138 valence electrons. The number of rotatable bonds is 5. The van der Waals surface area contributed by atoms with E-state index in [1.807, 2.05) is 19.0 Å². The van der Waals surface area contributed by atoms with Crippen molar-refractivity contribution in [1.29, 1.82) is 0 Å². The molecule has 2 N–H and O–H groups in total. The van der Waals surface area contributed by atoms with Crippen molar-refractivity contribution in [2.24, 2.45) is 0 Å². The van der Waals surface area contributed by atoms with Crippen molar-refractivity contribution in [2.45, 2.75) is 25.3 Å². The van der Waals surface area contributed by atoms with Crippen LogP contribution in [0, 0.1) is 0 Å². The van der Waals surface area contributed by atoms with Crippen molar-refractivity contribution in [3.05, 3.63) is 40.3 Å². The Balaban J connectivity index is 1.63. The van der Waals surface area contributed by atoms with Gasteiger partial charge in [-0.3, -0.25) is 9.59 Å². The van der Waals surface area contributed by atoms with E-state index in [1.165, 1.54) is 6.07 Å². The number of aromatic nitrogens is 4. The van der Waals surface area contributed by atoms with Crippen LogP contribution < -0.4 is 20.7 Å². The third-order valence-corrected chi connectivity index (χ3v) is 4.43. The van der Waals surface area contributed by atoms with Crippen LogP contribution in [0.5, 0.6) is 0 Å². The van der Waals surface area contributed by atoms with E-state index in [0.717, 1.165) is 31.6 Å². The van der Waals surface area contributed by atoms with Gasteiger partial charge in [-0.1, -0.05) is 0 Å². The van der Waals surface area contributed by atoms with Gasteiger partial charge in [0.05, 0.1) is 0 Å². The number of nitrogens with zero attached hydrogens (tertiary/aromatic N) is 5. The van der Waals surface area contributed by atoms with Gasteiger partial charge >= 0.3 is 0 Å². The number of amides is 1. The molecule has 3 heterocycles. The fourth-order valence-corrected chi connectivity index (χ4v) is 3.00. The number of anilines is 2. The zero-order valence-electron chi connectivity index (χ0n) is 15.0. The van der Waals surface area contributed by atoms with Crippen LogP contribution >= 0.6 is 0 Å². The number of piperidine rings is 1. The van der Waals surface area contributed by atoms with Crippen LogP contribution in [0.3, 0.4) is 0 Å². The van der Waals surface area contributed by atoms with Crippen LogP contribution in [-0.4, -0.2) is 59.5 Å². The molecule has 0 radical (unpaired) electrons. The molecule has 1 fully saturated rings. The van der Waals surface area contributed by atoms with Crippen LogP contribution in [0.4, 0.5) is 11.6 Å². The molecule has 26 heavy (non-hydrogen) atoms. The Morgan fingerprint density at radius 2 is 2.12 bits per heavy atom. The highest BCUT2D eigenvalue weighted by Crippen LogP contribution is 2.21. The lowest BCUT2D eigenvalue weighted by Crippen LogP contribution is -2.47. The minimum atomic E-state index is -0.247. The van der Waals surface area contributed by atoms with Crippen LogP contribution in [0.25, 0.3) is 0 Å². The van der Waals surface area contributed by atoms with Crippen molar-refractivity contribution in [1.82, 2.24) is 25.7 Å². The Morgan fingerprint density at radius 3 is 2.77 bits per heavy atom. The van der Waals surface area contributed by atoms with Gasteiger partial charge in [-0.15, -0.1) is 10.2 Å². The van der Waals surface area contributed by atoms with Gasteiger partial charge in [0.1, 0.15) is 5.82 Å². The molecular weight excluding hydrogens is 334 g/mol. The average molecular weight is 357 g/mol. The van der Waals surface area contributed by atoms with Crippen LogP contribution in [-0.2, 0) is 0 Å². The summed E-state index contributed by atoms with van der Waals surface area (Å²) in [6, 6.07) is 6.73. The maximum absolute atomic E-state index is 12.3. The molecule has 0 aliphatic carbocycles. The third-order valence-electron chi connectivity index (χ3n) is 4.43. The summed E-state index contributed by atoms with van der Waals surface area (Å²) in [6.45, 7) is 1.33. The Kier molecular flexibility index (Phi) is 5.45. The standard InChI is InChI=1S/C17H23N7O2/c1-23(2)14-7-6-13(19-20-14)17(26)18-11-12-5-3-4-10-24(12)15-8-9-16(25)22-21-15/h6-9,12H,3-5,10-11H2,1-2H3,(H,18,26)(H,22,25). The molecule has 9 nitrogen and oxygen atoms in total. The van der Waals surface area contributed by atoms with Crippen LogP contribution in [0.2, 0.25) is 0 Å². The monoisotopic (exact) mass is 357 g/mol. The summed E-state index contributed by atoms with van der Waals surface area (Å²) in [5.41, 5.74) is 0.0653. The Hall–Kier alpha value is -2.97. The van der Waals surface area contributed by atoms with Gasteiger partial charge in [0.2, 0.25) is 0 Å². The van der Waals surface area contributed by atoms with Crippen molar-refractivity contribution < 1.29 is 4.79 Å². The SMILES string of the molecule is CN(C)c1ccc(C(=O)NCC2CCCCN2c2ccc(=O)[nH]n2)nn1. The van der Waals surface area contributed by atoms with E-state index in [9.17, 15) is 9.59 Å². The van der Waals surface area contributed by atoms with E-state index in [4.69, 9.17) is 0 Å². The second-order valence-corrected chi connectivity index (χ2v) is 6.50. The van der Waals surface area contributed by atoms with Crippen LogP contribution in [0.1, 0.15) is 29.8 Å². The Labute approximate surface area is 151 Å². The summed E-state index contributed by atoms with van der Waals surface area (Å²) in [4.78, 5) is 27.5. The summed E-state index contributed by atoms with van der Waals surface area (Å²) in [7, 11) is 3.73. The van der Waals surface area contributed by atoms with E-state index < -0.39 is 0 Å². The fraction of sp³-hybridized carbons (Fsp3) is 0.471. The highest BCUT2D eigenvalue weighted by molar-refractivity contribution is 5.92. The van der Waals surface area contributed by atoms with Gasteiger partial charge < -0.3 is 15.1 Å². The number of carbonyl (C=O) groups is 1. The van der Waals surface area contributed by atoms with Gasteiger partial charge in [0, 0.05) is 39.3 Å². The molecule has 9 heteroatoms. The summed E-state index contributed by atoms with van der Waals surface area (Å²) < 4.78 is 0. The zero-order valence-corrected chi connectivity index (χ0v) is 15.0. The lowest BCUT2D eigenvalue weighted by Gasteiger charge is -2.36. The van der Waals surface area contributed by atoms with E-state index in [0.29, 0.717) is 18.1 Å². The highest BCUT2D eigenvalue weighted by atomic mass is 16.2. The van der Waals surface area contributed by atoms with E-state index in [2.05, 4.69) is 30.6 Å². The molecule has 1 aliphatic rings. The lowest BCUT2D eigenvalue weighted by atomic mass is 10.0. The summed E-state index contributed by atoms with van der Waals surface area (Å²) >= 11 is 0. The van der Waals surface area contributed by atoms with Crippen molar-refractivity contribution in [3.8, 4) is 0 Å². The lowest BCUT2D eigenvalue weighted by molar-refractivity contribution is 0.0943. The topological polar surface area (TPSA) is 107 Å². The average Bonchev–Trinajstić information content (AvgIpc) is 2.67. The van der Waals surface area contributed by atoms with E-state index in [1.54, 1.807) is 18.2 Å². The number of carbonyl (C=O) groups excluding carboxylic acids is 1. The van der Waals surface area contributed by atoms with Crippen molar-refractivity contribution in [3.63, 3.8) is 0 Å². The first kappa shape index (κ1) is 17.8. The molecule has 0 aromatic carbocycles. The molecule has 1 saturated heterocycles. The number of aromatic amines is 1. The molecule has 1 atom stereocenters. The normalized spacial score (nSPS) is 17.0. The number of hydrogen-bond donors (Lipinski definition) is 2.